The first-order chi connectivity index (χ1) is 13.1. The SMILES string of the molecule is O=C(NCc1nc(-c2ccccc2)n[nH]1)c1ccc2[nH]c(=O)c(=O)[nH]c2c1. The highest BCUT2D eigenvalue weighted by atomic mass is 16.2. The molecular weight excluding hydrogens is 348 g/mol. The van der Waals surface area contributed by atoms with E-state index < -0.39 is 11.1 Å². The van der Waals surface area contributed by atoms with Gasteiger partial charge in [0.25, 0.3) is 5.91 Å². The molecule has 0 aliphatic carbocycles. The molecule has 0 fully saturated rings. The molecule has 0 saturated carbocycles. The van der Waals surface area contributed by atoms with Crippen LogP contribution >= 0.6 is 0 Å². The Balaban J connectivity index is 1.49. The number of carbonyl (C=O) groups is 1. The smallest absolute Gasteiger partial charge is 0.314 e. The molecule has 0 unspecified atom stereocenters. The van der Waals surface area contributed by atoms with Crippen molar-refractivity contribution in [2.75, 3.05) is 0 Å². The zero-order chi connectivity index (χ0) is 18.8. The summed E-state index contributed by atoms with van der Waals surface area (Å²) in [5.41, 5.74) is 0.526. The second-order valence-electron chi connectivity index (χ2n) is 5.82. The first-order valence-electron chi connectivity index (χ1n) is 8.11. The van der Waals surface area contributed by atoms with Crippen LogP contribution < -0.4 is 16.4 Å². The van der Waals surface area contributed by atoms with Crippen LogP contribution in [0.3, 0.4) is 0 Å². The summed E-state index contributed by atoms with van der Waals surface area (Å²) in [7, 11) is 0. The van der Waals surface area contributed by atoms with Crippen molar-refractivity contribution in [3.05, 3.63) is 80.6 Å². The Labute approximate surface area is 151 Å². The number of nitrogens with zero attached hydrogens (tertiary/aromatic N) is 2. The number of fused-ring (bicyclic) bond motifs is 1. The summed E-state index contributed by atoms with van der Waals surface area (Å²) in [6.07, 6.45) is 0. The maximum atomic E-state index is 12.4. The fraction of sp³-hybridized carbons (Fsp3) is 0.0556. The van der Waals surface area contributed by atoms with Gasteiger partial charge in [0, 0.05) is 11.1 Å². The molecule has 4 rings (SSSR count). The van der Waals surface area contributed by atoms with Crippen LogP contribution in [0.1, 0.15) is 16.2 Å². The molecule has 0 radical (unpaired) electrons. The predicted octanol–water partition coefficient (Wildman–Crippen LogP) is 0.931. The molecule has 134 valence electrons. The van der Waals surface area contributed by atoms with Gasteiger partial charge in [0.05, 0.1) is 17.6 Å². The maximum absolute atomic E-state index is 12.4. The van der Waals surface area contributed by atoms with Crippen LogP contribution in [0, 0.1) is 0 Å². The van der Waals surface area contributed by atoms with E-state index in [0.29, 0.717) is 28.2 Å². The molecule has 2 aromatic heterocycles. The molecule has 9 heteroatoms. The fourth-order valence-electron chi connectivity index (χ4n) is 2.61. The van der Waals surface area contributed by atoms with Crippen molar-refractivity contribution >= 4 is 16.9 Å². The van der Waals surface area contributed by atoms with Crippen LogP contribution in [0.2, 0.25) is 0 Å². The molecule has 2 heterocycles. The van der Waals surface area contributed by atoms with Crippen molar-refractivity contribution in [2.45, 2.75) is 6.54 Å². The lowest BCUT2D eigenvalue weighted by molar-refractivity contribution is 0.0950. The van der Waals surface area contributed by atoms with Crippen LogP contribution in [0.25, 0.3) is 22.4 Å². The van der Waals surface area contributed by atoms with Crippen LogP contribution in [-0.2, 0) is 6.54 Å². The highest BCUT2D eigenvalue weighted by Gasteiger charge is 2.10. The van der Waals surface area contributed by atoms with E-state index in [2.05, 4.69) is 30.5 Å². The molecule has 0 aliphatic rings. The van der Waals surface area contributed by atoms with Gasteiger partial charge in [0.15, 0.2) is 5.82 Å². The average molecular weight is 362 g/mol. The van der Waals surface area contributed by atoms with E-state index in [1.807, 2.05) is 30.3 Å². The number of rotatable bonds is 4. The molecule has 27 heavy (non-hydrogen) atoms. The van der Waals surface area contributed by atoms with Crippen molar-refractivity contribution in [2.24, 2.45) is 0 Å². The van der Waals surface area contributed by atoms with Gasteiger partial charge in [-0.3, -0.25) is 19.5 Å². The van der Waals surface area contributed by atoms with Crippen molar-refractivity contribution < 1.29 is 4.79 Å². The molecule has 0 atom stereocenters. The minimum Gasteiger partial charge on any atom is -0.345 e. The highest BCUT2D eigenvalue weighted by molar-refractivity contribution is 5.97. The minimum atomic E-state index is -0.768. The Morgan fingerprint density at radius 1 is 0.963 bits per heavy atom. The van der Waals surface area contributed by atoms with Crippen molar-refractivity contribution in [1.29, 1.82) is 0 Å². The van der Waals surface area contributed by atoms with E-state index in [9.17, 15) is 14.4 Å². The van der Waals surface area contributed by atoms with E-state index in [-0.39, 0.29) is 12.5 Å². The van der Waals surface area contributed by atoms with Crippen LogP contribution in [0.5, 0.6) is 0 Å². The molecule has 1 amide bonds. The van der Waals surface area contributed by atoms with Gasteiger partial charge in [-0.2, -0.15) is 5.10 Å². The van der Waals surface area contributed by atoms with Gasteiger partial charge in [-0.05, 0) is 18.2 Å². The number of hydrogen-bond donors (Lipinski definition) is 4. The number of H-pyrrole nitrogens is 3. The van der Waals surface area contributed by atoms with Crippen molar-refractivity contribution in [3.8, 4) is 11.4 Å². The quantitative estimate of drug-likeness (QED) is 0.400. The molecule has 2 aromatic carbocycles. The molecule has 4 aromatic rings. The number of aromatic nitrogens is 5. The van der Waals surface area contributed by atoms with E-state index in [4.69, 9.17) is 0 Å². The van der Waals surface area contributed by atoms with Gasteiger partial charge >= 0.3 is 11.1 Å². The zero-order valence-corrected chi connectivity index (χ0v) is 13.9. The van der Waals surface area contributed by atoms with Crippen LogP contribution in [0.4, 0.5) is 0 Å². The lowest BCUT2D eigenvalue weighted by Gasteiger charge is -2.04. The first kappa shape index (κ1) is 16.5. The van der Waals surface area contributed by atoms with Gasteiger partial charge in [0.2, 0.25) is 0 Å². The second-order valence-corrected chi connectivity index (χ2v) is 5.82. The summed E-state index contributed by atoms with van der Waals surface area (Å²) in [6.45, 7) is 0.166. The average Bonchev–Trinajstić information content (AvgIpc) is 3.16. The number of benzene rings is 2. The molecule has 0 aliphatic heterocycles. The lowest BCUT2D eigenvalue weighted by atomic mass is 10.2. The third-order valence-electron chi connectivity index (χ3n) is 3.96. The van der Waals surface area contributed by atoms with Gasteiger partial charge in [-0.1, -0.05) is 30.3 Å². The number of carbonyl (C=O) groups excluding carboxylic acids is 1. The summed E-state index contributed by atoms with van der Waals surface area (Å²) < 4.78 is 0. The lowest BCUT2D eigenvalue weighted by Crippen LogP contribution is -2.29. The molecule has 0 spiro atoms. The summed E-state index contributed by atoms with van der Waals surface area (Å²) in [4.78, 5) is 44.3. The van der Waals surface area contributed by atoms with Crippen molar-refractivity contribution in [1.82, 2.24) is 30.5 Å². The Hall–Kier alpha value is -4.01. The van der Waals surface area contributed by atoms with Crippen molar-refractivity contribution in [3.63, 3.8) is 0 Å². The van der Waals surface area contributed by atoms with Gasteiger partial charge in [-0.15, -0.1) is 0 Å². The number of hydrogen-bond acceptors (Lipinski definition) is 5. The third kappa shape index (κ3) is 3.38. The van der Waals surface area contributed by atoms with E-state index in [1.54, 1.807) is 12.1 Å². The van der Waals surface area contributed by atoms with Crippen LogP contribution in [0.15, 0.2) is 58.1 Å². The molecule has 0 saturated heterocycles. The number of amides is 1. The van der Waals surface area contributed by atoms with E-state index in [1.165, 1.54) is 6.07 Å². The van der Waals surface area contributed by atoms with Gasteiger partial charge < -0.3 is 15.3 Å². The van der Waals surface area contributed by atoms with E-state index in [0.717, 1.165) is 5.56 Å². The fourth-order valence-corrected chi connectivity index (χ4v) is 2.61. The highest BCUT2D eigenvalue weighted by Crippen LogP contribution is 2.13. The first-order valence-corrected chi connectivity index (χ1v) is 8.11. The maximum Gasteiger partial charge on any atom is 0.314 e. The number of aromatic amines is 3. The Kier molecular flexibility index (Phi) is 4.09. The molecule has 0 bridgehead atoms. The van der Waals surface area contributed by atoms with Gasteiger partial charge in [0.1, 0.15) is 5.82 Å². The van der Waals surface area contributed by atoms with Crippen LogP contribution in [-0.4, -0.2) is 31.1 Å². The topological polar surface area (TPSA) is 136 Å². The number of nitrogens with one attached hydrogen (secondary N) is 4. The Bertz CT molecular complexity index is 1240. The predicted molar refractivity (Wildman–Crippen MR) is 98.2 cm³/mol. The monoisotopic (exact) mass is 362 g/mol. The summed E-state index contributed by atoms with van der Waals surface area (Å²) in [5.74, 6) is 0.717. The largest absolute Gasteiger partial charge is 0.345 e. The molecule has 4 N–H and O–H groups in total. The zero-order valence-electron chi connectivity index (χ0n) is 13.9. The Morgan fingerprint density at radius 3 is 2.48 bits per heavy atom. The minimum absolute atomic E-state index is 0.166. The second kappa shape index (κ2) is 6.71. The third-order valence-corrected chi connectivity index (χ3v) is 3.96. The molecular formula is C18H14N6O3. The standard InChI is InChI=1S/C18H14N6O3/c25-16(11-6-7-12-13(8-11)21-18(27)17(26)20-12)19-9-14-22-15(24-23-14)10-4-2-1-3-5-10/h1-8H,9H2,(H,19,25)(H,20,26)(H,21,27)(H,22,23,24). The summed E-state index contributed by atoms with van der Waals surface area (Å²) in [6, 6.07) is 14.1. The van der Waals surface area contributed by atoms with E-state index >= 15 is 0 Å². The summed E-state index contributed by atoms with van der Waals surface area (Å²) in [5, 5.41) is 9.66. The summed E-state index contributed by atoms with van der Waals surface area (Å²) >= 11 is 0. The molecule has 9 nitrogen and oxygen atoms in total. The normalized spacial score (nSPS) is 10.8. The Morgan fingerprint density at radius 2 is 1.70 bits per heavy atom. The van der Waals surface area contributed by atoms with Gasteiger partial charge in [-0.25, -0.2) is 4.98 Å².